The second kappa shape index (κ2) is 7.23. The lowest BCUT2D eigenvalue weighted by molar-refractivity contribution is -0.148. The van der Waals surface area contributed by atoms with Gasteiger partial charge in [0.2, 0.25) is 0 Å². The third kappa shape index (κ3) is 5.51. The van der Waals surface area contributed by atoms with Gasteiger partial charge in [0.05, 0.1) is 35.2 Å². The molecule has 1 saturated heterocycles. The Labute approximate surface area is 140 Å². The molecular formula is C17H30BNO4. The maximum Gasteiger partial charge on any atom is 0.457 e. The Morgan fingerprint density at radius 2 is 1.78 bits per heavy atom. The molecule has 1 rings (SSSR count). The van der Waals surface area contributed by atoms with E-state index in [1.165, 1.54) is 0 Å². The SMILES string of the molecule is CC(CC(C)(C)C#N)C(=O)OCCCB1OC(C)(C)C(C)(C)O1. The van der Waals surface area contributed by atoms with E-state index in [1.807, 2.05) is 41.5 Å². The van der Waals surface area contributed by atoms with Crippen molar-refractivity contribution in [2.45, 2.75) is 78.8 Å². The van der Waals surface area contributed by atoms with E-state index in [2.05, 4.69) is 6.07 Å². The highest BCUT2D eigenvalue weighted by molar-refractivity contribution is 6.45. The third-order valence-corrected chi connectivity index (χ3v) is 4.65. The summed E-state index contributed by atoms with van der Waals surface area (Å²) in [6.45, 7) is 13.9. The lowest BCUT2D eigenvalue weighted by Crippen LogP contribution is -2.41. The lowest BCUT2D eigenvalue weighted by Gasteiger charge is -2.32. The molecule has 6 heteroatoms. The molecule has 1 heterocycles. The molecule has 0 aliphatic carbocycles. The highest BCUT2D eigenvalue weighted by Gasteiger charge is 2.50. The second-order valence-electron chi connectivity index (χ2n) is 8.10. The molecule has 0 spiro atoms. The highest BCUT2D eigenvalue weighted by atomic mass is 16.7. The van der Waals surface area contributed by atoms with Crippen LogP contribution in [0.1, 0.15) is 61.3 Å². The third-order valence-electron chi connectivity index (χ3n) is 4.65. The minimum atomic E-state index is -0.513. The Hall–Kier alpha value is -1.06. The van der Waals surface area contributed by atoms with Gasteiger partial charge in [-0.05, 0) is 60.7 Å². The summed E-state index contributed by atoms with van der Waals surface area (Å²) in [5.41, 5.74) is -1.17. The molecule has 1 aliphatic heterocycles. The molecule has 1 fully saturated rings. The highest BCUT2D eigenvalue weighted by Crippen LogP contribution is 2.37. The van der Waals surface area contributed by atoms with E-state index in [1.54, 1.807) is 6.92 Å². The maximum atomic E-state index is 11.9. The van der Waals surface area contributed by atoms with E-state index in [-0.39, 0.29) is 30.2 Å². The number of esters is 1. The van der Waals surface area contributed by atoms with Crippen LogP contribution in [0.25, 0.3) is 0 Å². The van der Waals surface area contributed by atoms with E-state index in [4.69, 9.17) is 19.3 Å². The fourth-order valence-corrected chi connectivity index (χ4v) is 2.54. The normalized spacial score (nSPS) is 20.9. The molecular weight excluding hydrogens is 293 g/mol. The summed E-state index contributed by atoms with van der Waals surface area (Å²) < 4.78 is 17.1. The van der Waals surface area contributed by atoms with Crippen molar-refractivity contribution in [2.24, 2.45) is 11.3 Å². The molecule has 0 aromatic rings. The number of nitrogens with zero attached hydrogens (tertiary/aromatic N) is 1. The summed E-state index contributed by atoms with van der Waals surface area (Å²) in [6, 6.07) is 2.21. The monoisotopic (exact) mass is 323 g/mol. The first-order valence-corrected chi connectivity index (χ1v) is 8.34. The Balaban J connectivity index is 2.28. The van der Waals surface area contributed by atoms with Crippen LogP contribution in [-0.4, -0.2) is 30.9 Å². The predicted octanol–water partition coefficient (Wildman–Crippen LogP) is 3.59. The van der Waals surface area contributed by atoms with Gasteiger partial charge in [0, 0.05) is 0 Å². The predicted molar refractivity (Wildman–Crippen MR) is 89.6 cm³/mol. The smallest absolute Gasteiger partial charge is 0.457 e. The molecule has 23 heavy (non-hydrogen) atoms. The van der Waals surface area contributed by atoms with Crippen LogP contribution in [0.4, 0.5) is 0 Å². The number of carbonyl (C=O) groups excluding carboxylic acids is 1. The number of hydrogen-bond donors (Lipinski definition) is 0. The van der Waals surface area contributed by atoms with Crippen molar-refractivity contribution < 1.29 is 18.8 Å². The van der Waals surface area contributed by atoms with Gasteiger partial charge >= 0.3 is 13.1 Å². The first-order chi connectivity index (χ1) is 10.4. The quantitative estimate of drug-likeness (QED) is 0.407. The summed E-state index contributed by atoms with van der Waals surface area (Å²) in [7, 11) is -0.256. The van der Waals surface area contributed by atoms with Crippen LogP contribution in [0.3, 0.4) is 0 Å². The Morgan fingerprint density at radius 1 is 1.26 bits per heavy atom. The van der Waals surface area contributed by atoms with Gasteiger partial charge in [-0.1, -0.05) is 6.92 Å². The fraction of sp³-hybridized carbons (Fsp3) is 0.882. The summed E-state index contributed by atoms with van der Waals surface area (Å²) in [5, 5.41) is 9.01. The Kier molecular flexibility index (Phi) is 6.28. The molecule has 0 N–H and O–H groups in total. The van der Waals surface area contributed by atoms with Crippen LogP contribution >= 0.6 is 0 Å². The van der Waals surface area contributed by atoms with Crippen LogP contribution in [0.2, 0.25) is 6.32 Å². The fourth-order valence-electron chi connectivity index (χ4n) is 2.54. The summed E-state index contributed by atoms with van der Waals surface area (Å²) in [6.07, 6.45) is 1.88. The van der Waals surface area contributed by atoms with Crippen molar-refractivity contribution in [2.75, 3.05) is 6.61 Å². The average molecular weight is 323 g/mol. The summed E-state index contributed by atoms with van der Waals surface area (Å²) >= 11 is 0. The van der Waals surface area contributed by atoms with Crippen molar-refractivity contribution in [3.8, 4) is 6.07 Å². The zero-order valence-electron chi connectivity index (χ0n) is 15.6. The standard InChI is InChI=1S/C17H30BNO4/c1-13(11-15(2,3)12-19)14(20)21-10-8-9-18-22-16(4,5)17(6,7)23-18/h13H,8-11H2,1-7H3. The molecule has 0 saturated carbocycles. The lowest BCUT2D eigenvalue weighted by atomic mass is 9.83. The molecule has 0 bridgehead atoms. The van der Waals surface area contributed by atoms with Gasteiger partial charge in [-0.2, -0.15) is 5.26 Å². The molecule has 0 amide bonds. The van der Waals surface area contributed by atoms with Gasteiger partial charge in [0.25, 0.3) is 0 Å². The van der Waals surface area contributed by atoms with Gasteiger partial charge in [-0.3, -0.25) is 4.79 Å². The molecule has 0 aromatic carbocycles. The second-order valence-corrected chi connectivity index (χ2v) is 8.10. The van der Waals surface area contributed by atoms with Crippen molar-refractivity contribution >= 4 is 13.1 Å². The van der Waals surface area contributed by atoms with E-state index < -0.39 is 5.41 Å². The van der Waals surface area contributed by atoms with Crippen molar-refractivity contribution in [3.63, 3.8) is 0 Å². The van der Waals surface area contributed by atoms with E-state index >= 15 is 0 Å². The number of ether oxygens (including phenoxy) is 1. The van der Waals surface area contributed by atoms with Crippen LogP contribution in [0.15, 0.2) is 0 Å². The summed E-state index contributed by atoms with van der Waals surface area (Å²) in [5.74, 6) is -0.524. The first kappa shape index (κ1) is 20.0. The Bertz CT molecular complexity index is 452. The molecule has 1 aliphatic rings. The van der Waals surface area contributed by atoms with Crippen LogP contribution < -0.4 is 0 Å². The van der Waals surface area contributed by atoms with E-state index in [9.17, 15) is 4.79 Å². The summed E-state index contributed by atoms with van der Waals surface area (Å²) in [4.78, 5) is 11.9. The molecule has 1 atom stereocenters. The molecule has 130 valence electrons. The minimum absolute atomic E-state index is 0.248. The van der Waals surface area contributed by atoms with Crippen molar-refractivity contribution in [1.82, 2.24) is 0 Å². The zero-order chi connectivity index (χ0) is 17.9. The zero-order valence-corrected chi connectivity index (χ0v) is 15.6. The maximum absolute atomic E-state index is 11.9. The number of rotatable bonds is 7. The molecule has 0 aromatic heterocycles. The van der Waals surface area contributed by atoms with Gasteiger partial charge in [-0.25, -0.2) is 0 Å². The van der Waals surface area contributed by atoms with Gasteiger partial charge < -0.3 is 14.0 Å². The number of nitriles is 1. The van der Waals surface area contributed by atoms with Crippen molar-refractivity contribution in [3.05, 3.63) is 0 Å². The largest absolute Gasteiger partial charge is 0.466 e. The minimum Gasteiger partial charge on any atom is -0.466 e. The number of hydrogen-bond acceptors (Lipinski definition) is 5. The van der Waals surface area contributed by atoms with Crippen LogP contribution in [0.5, 0.6) is 0 Å². The average Bonchev–Trinajstić information content (AvgIpc) is 2.62. The van der Waals surface area contributed by atoms with Gasteiger partial charge in [0.15, 0.2) is 0 Å². The van der Waals surface area contributed by atoms with Crippen LogP contribution in [0, 0.1) is 22.7 Å². The van der Waals surface area contributed by atoms with E-state index in [0.717, 1.165) is 0 Å². The van der Waals surface area contributed by atoms with Crippen molar-refractivity contribution in [1.29, 1.82) is 5.26 Å². The molecule has 0 radical (unpaired) electrons. The van der Waals surface area contributed by atoms with E-state index in [0.29, 0.717) is 25.8 Å². The van der Waals surface area contributed by atoms with Gasteiger partial charge in [0.1, 0.15) is 0 Å². The van der Waals surface area contributed by atoms with Crippen LogP contribution in [-0.2, 0) is 18.8 Å². The topological polar surface area (TPSA) is 68.6 Å². The molecule has 5 nitrogen and oxygen atoms in total. The first-order valence-electron chi connectivity index (χ1n) is 8.34. The van der Waals surface area contributed by atoms with Gasteiger partial charge in [-0.15, -0.1) is 0 Å². The molecule has 1 unspecified atom stereocenters. The number of carbonyl (C=O) groups is 1. The Morgan fingerprint density at radius 3 is 2.26 bits per heavy atom.